The maximum Gasteiger partial charge on any atom is 0.307 e. The van der Waals surface area contributed by atoms with Gasteiger partial charge < -0.3 is 18.9 Å². The zero-order valence-corrected chi connectivity index (χ0v) is 9.46. The molecule has 0 saturated carbocycles. The van der Waals surface area contributed by atoms with Crippen LogP contribution in [0.2, 0.25) is 0 Å². The number of methoxy groups -OCH3 is 1. The lowest BCUT2D eigenvalue weighted by Gasteiger charge is -2.36. The summed E-state index contributed by atoms with van der Waals surface area (Å²) >= 11 is 0. The molecule has 84 valence electrons. The fraction of sp³-hybridized carbons (Fsp3) is 1.00. The standard InChI is InChI=1S/C10H20O4/c1-9(2,3)14-8-10(11-4)12-6-5-7-13-10/h5-8H2,1-4H3. The van der Waals surface area contributed by atoms with Crippen molar-refractivity contribution in [2.75, 3.05) is 26.9 Å². The molecular formula is C10H20O4. The van der Waals surface area contributed by atoms with Gasteiger partial charge in [-0.25, -0.2) is 0 Å². The predicted molar refractivity (Wildman–Crippen MR) is 52.0 cm³/mol. The van der Waals surface area contributed by atoms with Gasteiger partial charge in [-0.2, -0.15) is 0 Å². The van der Waals surface area contributed by atoms with Gasteiger partial charge >= 0.3 is 5.97 Å². The normalized spacial score (nSPS) is 22.3. The highest BCUT2D eigenvalue weighted by Gasteiger charge is 2.36. The van der Waals surface area contributed by atoms with Crippen molar-refractivity contribution < 1.29 is 18.9 Å². The van der Waals surface area contributed by atoms with Crippen molar-refractivity contribution in [2.45, 2.75) is 38.8 Å². The number of rotatable bonds is 3. The Morgan fingerprint density at radius 1 is 1.21 bits per heavy atom. The summed E-state index contributed by atoms with van der Waals surface area (Å²) in [5.41, 5.74) is -0.213. The van der Waals surface area contributed by atoms with Crippen LogP contribution in [0.1, 0.15) is 27.2 Å². The Balaban J connectivity index is 2.44. The zero-order valence-electron chi connectivity index (χ0n) is 9.46. The quantitative estimate of drug-likeness (QED) is 0.698. The molecule has 0 aromatic rings. The molecule has 0 bridgehead atoms. The maximum atomic E-state index is 5.59. The van der Waals surface area contributed by atoms with E-state index in [1.54, 1.807) is 7.11 Å². The van der Waals surface area contributed by atoms with Crippen molar-refractivity contribution in [1.82, 2.24) is 0 Å². The van der Waals surface area contributed by atoms with E-state index in [0.29, 0.717) is 19.8 Å². The van der Waals surface area contributed by atoms with Crippen LogP contribution in [0.3, 0.4) is 0 Å². The van der Waals surface area contributed by atoms with Crippen molar-refractivity contribution in [1.29, 1.82) is 0 Å². The highest BCUT2D eigenvalue weighted by atomic mass is 16.9. The van der Waals surface area contributed by atoms with Crippen LogP contribution in [-0.2, 0) is 18.9 Å². The fourth-order valence-electron chi connectivity index (χ4n) is 1.12. The molecule has 0 N–H and O–H groups in total. The van der Waals surface area contributed by atoms with Gasteiger partial charge in [0, 0.05) is 7.11 Å². The molecule has 1 aliphatic rings. The Kier molecular flexibility index (Phi) is 3.89. The first-order valence-corrected chi connectivity index (χ1v) is 4.94. The lowest BCUT2D eigenvalue weighted by Crippen LogP contribution is -2.48. The monoisotopic (exact) mass is 204 g/mol. The summed E-state index contributed by atoms with van der Waals surface area (Å²) < 4.78 is 21.7. The minimum absolute atomic E-state index is 0.213. The van der Waals surface area contributed by atoms with E-state index in [0.717, 1.165) is 6.42 Å². The van der Waals surface area contributed by atoms with Crippen LogP contribution in [-0.4, -0.2) is 38.5 Å². The van der Waals surface area contributed by atoms with Gasteiger partial charge in [0.15, 0.2) is 0 Å². The van der Waals surface area contributed by atoms with Crippen LogP contribution in [0.5, 0.6) is 0 Å². The van der Waals surface area contributed by atoms with Gasteiger partial charge in [0.05, 0.1) is 18.8 Å². The molecule has 0 spiro atoms. The van der Waals surface area contributed by atoms with E-state index in [2.05, 4.69) is 0 Å². The van der Waals surface area contributed by atoms with Crippen molar-refractivity contribution in [3.8, 4) is 0 Å². The Bertz CT molecular complexity index is 167. The van der Waals surface area contributed by atoms with E-state index in [9.17, 15) is 0 Å². The van der Waals surface area contributed by atoms with Crippen molar-refractivity contribution in [2.24, 2.45) is 0 Å². The first-order chi connectivity index (χ1) is 6.47. The minimum atomic E-state index is -0.995. The number of hydrogen-bond donors (Lipinski definition) is 0. The highest BCUT2D eigenvalue weighted by Crippen LogP contribution is 2.22. The molecule has 1 aliphatic heterocycles. The lowest BCUT2D eigenvalue weighted by atomic mass is 10.2. The summed E-state index contributed by atoms with van der Waals surface area (Å²) in [7, 11) is 1.57. The fourth-order valence-corrected chi connectivity index (χ4v) is 1.12. The van der Waals surface area contributed by atoms with Gasteiger partial charge in [0.2, 0.25) is 0 Å². The molecule has 1 saturated heterocycles. The molecule has 0 radical (unpaired) electrons. The van der Waals surface area contributed by atoms with E-state index < -0.39 is 5.97 Å². The van der Waals surface area contributed by atoms with Gasteiger partial charge in [-0.3, -0.25) is 0 Å². The van der Waals surface area contributed by atoms with Gasteiger partial charge in [-0.15, -0.1) is 0 Å². The highest BCUT2D eigenvalue weighted by molar-refractivity contribution is 4.65. The first kappa shape index (κ1) is 11.9. The van der Waals surface area contributed by atoms with Crippen LogP contribution >= 0.6 is 0 Å². The molecule has 1 rings (SSSR count). The Morgan fingerprint density at radius 2 is 1.79 bits per heavy atom. The minimum Gasteiger partial charge on any atom is -0.367 e. The predicted octanol–water partition coefficient (Wildman–Crippen LogP) is 1.54. The molecule has 14 heavy (non-hydrogen) atoms. The summed E-state index contributed by atoms with van der Waals surface area (Å²) in [5, 5.41) is 0. The molecule has 0 unspecified atom stereocenters. The topological polar surface area (TPSA) is 36.9 Å². The summed E-state index contributed by atoms with van der Waals surface area (Å²) in [6, 6.07) is 0. The van der Waals surface area contributed by atoms with Crippen LogP contribution < -0.4 is 0 Å². The zero-order chi connectivity index (χ0) is 10.7. The summed E-state index contributed by atoms with van der Waals surface area (Å²) in [4.78, 5) is 0. The summed E-state index contributed by atoms with van der Waals surface area (Å²) in [6.45, 7) is 7.56. The van der Waals surface area contributed by atoms with Crippen LogP contribution in [0, 0.1) is 0 Å². The number of hydrogen-bond acceptors (Lipinski definition) is 4. The van der Waals surface area contributed by atoms with Crippen LogP contribution in [0.4, 0.5) is 0 Å². The lowest BCUT2D eigenvalue weighted by molar-refractivity contribution is -0.408. The second kappa shape index (κ2) is 4.57. The average Bonchev–Trinajstić information content (AvgIpc) is 2.15. The summed E-state index contributed by atoms with van der Waals surface area (Å²) in [6.07, 6.45) is 0.903. The number of ether oxygens (including phenoxy) is 4. The van der Waals surface area contributed by atoms with E-state index >= 15 is 0 Å². The molecule has 1 heterocycles. The van der Waals surface area contributed by atoms with E-state index in [1.807, 2.05) is 20.8 Å². The van der Waals surface area contributed by atoms with Crippen LogP contribution in [0.15, 0.2) is 0 Å². The molecule has 4 heteroatoms. The largest absolute Gasteiger partial charge is 0.367 e. The third kappa shape index (κ3) is 3.53. The first-order valence-electron chi connectivity index (χ1n) is 4.94. The molecule has 0 atom stereocenters. The Labute approximate surface area is 85.5 Å². The Morgan fingerprint density at radius 3 is 2.21 bits per heavy atom. The van der Waals surface area contributed by atoms with Crippen molar-refractivity contribution >= 4 is 0 Å². The van der Waals surface area contributed by atoms with Gasteiger partial charge in [0.25, 0.3) is 0 Å². The Hall–Kier alpha value is -0.160. The molecule has 0 aliphatic carbocycles. The SMILES string of the molecule is COC1(COC(C)(C)C)OCCCO1. The molecular weight excluding hydrogens is 184 g/mol. The third-order valence-corrected chi connectivity index (χ3v) is 1.93. The smallest absolute Gasteiger partial charge is 0.307 e. The molecule has 4 nitrogen and oxygen atoms in total. The van der Waals surface area contributed by atoms with E-state index in [-0.39, 0.29) is 5.60 Å². The van der Waals surface area contributed by atoms with Crippen molar-refractivity contribution in [3.63, 3.8) is 0 Å². The van der Waals surface area contributed by atoms with Gasteiger partial charge in [-0.1, -0.05) is 0 Å². The second-order valence-corrected chi connectivity index (χ2v) is 4.34. The molecule has 0 aromatic carbocycles. The molecule has 1 fully saturated rings. The maximum absolute atomic E-state index is 5.59. The third-order valence-electron chi connectivity index (χ3n) is 1.93. The summed E-state index contributed by atoms with van der Waals surface area (Å²) in [5.74, 6) is -0.995. The molecule has 0 amide bonds. The van der Waals surface area contributed by atoms with Crippen molar-refractivity contribution in [3.05, 3.63) is 0 Å². The van der Waals surface area contributed by atoms with Crippen LogP contribution in [0.25, 0.3) is 0 Å². The second-order valence-electron chi connectivity index (χ2n) is 4.34. The average molecular weight is 204 g/mol. The van der Waals surface area contributed by atoms with E-state index in [1.165, 1.54) is 0 Å². The van der Waals surface area contributed by atoms with Gasteiger partial charge in [0.1, 0.15) is 6.61 Å². The van der Waals surface area contributed by atoms with Gasteiger partial charge in [-0.05, 0) is 27.2 Å². The van der Waals surface area contributed by atoms with E-state index in [4.69, 9.17) is 18.9 Å². The molecule has 0 aromatic heterocycles.